The van der Waals surface area contributed by atoms with E-state index in [1.807, 2.05) is 17.5 Å². The van der Waals surface area contributed by atoms with Crippen LogP contribution in [0.2, 0.25) is 0 Å². The van der Waals surface area contributed by atoms with Crippen LogP contribution in [-0.2, 0) is 0 Å². The van der Waals surface area contributed by atoms with Gasteiger partial charge in [-0.15, -0.1) is 11.3 Å². The van der Waals surface area contributed by atoms with Gasteiger partial charge < -0.3 is 15.0 Å². The van der Waals surface area contributed by atoms with Crippen LogP contribution in [0.5, 0.6) is 5.75 Å². The highest BCUT2D eigenvalue weighted by Gasteiger charge is 2.20. The predicted octanol–water partition coefficient (Wildman–Crippen LogP) is 3.80. The predicted molar refractivity (Wildman–Crippen MR) is 76.2 cm³/mol. The summed E-state index contributed by atoms with van der Waals surface area (Å²) in [6.45, 7) is 0. The zero-order valence-corrected chi connectivity index (χ0v) is 11.4. The Bertz CT molecular complexity index is 738. The Kier molecular flexibility index (Phi) is 3.15. The number of nitrogens with zero attached hydrogens (tertiary/aromatic N) is 1. The van der Waals surface area contributed by atoms with Crippen molar-refractivity contribution in [1.29, 1.82) is 0 Å². The number of benzene rings is 1. The summed E-state index contributed by atoms with van der Waals surface area (Å²) < 4.78 is 24.2. The van der Waals surface area contributed by atoms with Crippen LogP contribution in [0.3, 0.4) is 0 Å². The zero-order valence-electron chi connectivity index (χ0n) is 10.6. The maximum atomic E-state index is 14.2. The lowest BCUT2D eigenvalue weighted by Gasteiger charge is -2.04. The van der Waals surface area contributed by atoms with Crippen LogP contribution in [0.15, 0.2) is 40.2 Å². The molecule has 0 atom stereocenters. The quantitative estimate of drug-likeness (QED) is 0.797. The number of ether oxygens (including phenoxy) is 1. The molecule has 0 bridgehead atoms. The topological polar surface area (TPSA) is 61.3 Å². The van der Waals surface area contributed by atoms with Gasteiger partial charge in [0.25, 0.3) is 0 Å². The summed E-state index contributed by atoms with van der Waals surface area (Å²) in [7, 11) is 1.49. The molecule has 0 spiro atoms. The monoisotopic (exact) mass is 290 g/mol. The SMILES string of the molecule is COc1ccc(-c2noc(N)c2-c2cccs2)c(F)c1. The van der Waals surface area contributed by atoms with E-state index in [4.69, 9.17) is 15.0 Å². The molecule has 3 aromatic rings. The van der Waals surface area contributed by atoms with Crippen LogP contribution in [0.1, 0.15) is 0 Å². The van der Waals surface area contributed by atoms with E-state index in [1.165, 1.54) is 24.5 Å². The van der Waals surface area contributed by atoms with Crippen LogP contribution >= 0.6 is 11.3 Å². The Hall–Kier alpha value is -2.34. The van der Waals surface area contributed by atoms with E-state index in [2.05, 4.69) is 5.16 Å². The molecule has 102 valence electrons. The molecule has 2 aromatic heterocycles. The van der Waals surface area contributed by atoms with Crippen molar-refractivity contribution in [3.05, 3.63) is 41.5 Å². The fraction of sp³-hybridized carbons (Fsp3) is 0.0714. The van der Waals surface area contributed by atoms with Crippen molar-refractivity contribution >= 4 is 17.2 Å². The number of anilines is 1. The van der Waals surface area contributed by atoms with Crippen molar-refractivity contribution in [3.8, 4) is 27.4 Å². The minimum atomic E-state index is -0.435. The first kappa shape index (κ1) is 12.7. The van der Waals surface area contributed by atoms with Gasteiger partial charge in [-0.25, -0.2) is 4.39 Å². The van der Waals surface area contributed by atoms with Gasteiger partial charge in [-0.2, -0.15) is 0 Å². The fourth-order valence-electron chi connectivity index (χ4n) is 1.96. The third kappa shape index (κ3) is 2.04. The highest BCUT2D eigenvalue weighted by atomic mass is 32.1. The summed E-state index contributed by atoms with van der Waals surface area (Å²) in [5.74, 6) is 0.188. The first-order chi connectivity index (χ1) is 9.70. The van der Waals surface area contributed by atoms with Gasteiger partial charge in [0.05, 0.1) is 12.7 Å². The molecule has 0 aliphatic rings. The van der Waals surface area contributed by atoms with Crippen LogP contribution in [0, 0.1) is 5.82 Å². The van der Waals surface area contributed by atoms with Gasteiger partial charge >= 0.3 is 0 Å². The average molecular weight is 290 g/mol. The van der Waals surface area contributed by atoms with Gasteiger partial charge in [-0.1, -0.05) is 11.2 Å². The second-order valence-electron chi connectivity index (χ2n) is 4.09. The van der Waals surface area contributed by atoms with Crippen molar-refractivity contribution in [1.82, 2.24) is 5.16 Å². The van der Waals surface area contributed by atoms with Crippen molar-refractivity contribution in [2.24, 2.45) is 0 Å². The number of nitrogen functional groups attached to an aromatic ring is 1. The van der Waals surface area contributed by atoms with Crippen LogP contribution in [0.25, 0.3) is 21.7 Å². The molecule has 20 heavy (non-hydrogen) atoms. The van der Waals surface area contributed by atoms with Gasteiger partial charge in [-0.3, -0.25) is 0 Å². The summed E-state index contributed by atoms with van der Waals surface area (Å²) in [6.07, 6.45) is 0. The number of halogens is 1. The Morgan fingerprint density at radius 2 is 2.20 bits per heavy atom. The first-order valence-corrected chi connectivity index (χ1v) is 6.71. The van der Waals surface area contributed by atoms with Crippen molar-refractivity contribution < 1.29 is 13.7 Å². The summed E-state index contributed by atoms with van der Waals surface area (Å²) in [6, 6.07) is 8.35. The molecule has 2 heterocycles. The molecule has 0 saturated heterocycles. The number of hydrogen-bond donors (Lipinski definition) is 1. The molecule has 4 nitrogen and oxygen atoms in total. The maximum Gasteiger partial charge on any atom is 0.231 e. The minimum Gasteiger partial charge on any atom is -0.497 e. The molecular weight excluding hydrogens is 279 g/mol. The number of methoxy groups -OCH3 is 1. The Balaban J connectivity index is 2.16. The van der Waals surface area contributed by atoms with E-state index in [1.54, 1.807) is 12.1 Å². The molecule has 0 fully saturated rings. The summed E-state index contributed by atoms with van der Waals surface area (Å²) in [5.41, 5.74) is 7.14. The molecule has 3 rings (SSSR count). The van der Waals surface area contributed by atoms with E-state index in [0.717, 1.165) is 4.88 Å². The van der Waals surface area contributed by atoms with Crippen LogP contribution in [-0.4, -0.2) is 12.3 Å². The third-order valence-corrected chi connectivity index (χ3v) is 3.80. The Labute approximate surface area is 118 Å². The number of hydrogen-bond acceptors (Lipinski definition) is 5. The second-order valence-corrected chi connectivity index (χ2v) is 5.04. The molecule has 2 N–H and O–H groups in total. The summed E-state index contributed by atoms with van der Waals surface area (Å²) in [5, 5.41) is 5.80. The fourth-order valence-corrected chi connectivity index (χ4v) is 2.74. The molecule has 1 aromatic carbocycles. The van der Waals surface area contributed by atoms with Crippen molar-refractivity contribution in [2.45, 2.75) is 0 Å². The third-order valence-electron chi connectivity index (χ3n) is 2.92. The van der Waals surface area contributed by atoms with Gasteiger partial charge in [0.2, 0.25) is 5.88 Å². The van der Waals surface area contributed by atoms with E-state index < -0.39 is 5.82 Å². The van der Waals surface area contributed by atoms with Gasteiger partial charge in [0.1, 0.15) is 17.3 Å². The molecule has 0 aliphatic heterocycles. The zero-order chi connectivity index (χ0) is 14.1. The van der Waals surface area contributed by atoms with Gasteiger partial charge in [-0.05, 0) is 23.6 Å². The lowest BCUT2D eigenvalue weighted by Crippen LogP contribution is -1.90. The molecule has 0 radical (unpaired) electrons. The van der Waals surface area contributed by atoms with Crippen molar-refractivity contribution in [3.63, 3.8) is 0 Å². The number of thiophene rings is 1. The molecule has 0 unspecified atom stereocenters. The lowest BCUT2D eigenvalue weighted by molar-refractivity contribution is 0.411. The van der Waals surface area contributed by atoms with E-state index in [9.17, 15) is 4.39 Å². The number of aromatic nitrogens is 1. The van der Waals surface area contributed by atoms with Crippen LogP contribution in [0.4, 0.5) is 10.3 Å². The van der Waals surface area contributed by atoms with Crippen molar-refractivity contribution in [2.75, 3.05) is 12.8 Å². The molecule has 0 aliphatic carbocycles. The summed E-state index contributed by atoms with van der Waals surface area (Å²) in [4.78, 5) is 0.883. The standard InChI is InChI=1S/C14H11FN2O2S/c1-18-8-4-5-9(10(15)7-8)13-12(14(16)19-17-13)11-3-2-6-20-11/h2-7H,16H2,1H3. The van der Waals surface area contributed by atoms with E-state index in [0.29, 0.717) is 22.6 Å². The molecule has 0 saturated carbocycles. The highest BCUT2D eigenvalue weighted by molar-refractivity contribution is 7.13. The normalized spacial score (nSPS) is 10.7. The molecule has 6 heteroatoms. The second kappa shape index (κ2) is 4.97. The lowest BCUT2D eigenvalue weighted by atomic mass is 10.1. The van der Waals surface area contributed by atoms with E-state index in [-0.39, 0.29) is 5.88 Å². The van der Waals surface area contributed by atoms with Gasteiger partial charge in [0.15, 0.2) is 0 Å². The minimum absolute atomic E-state index is 0.178. The maximum absolute atomic E-state index is 14.2. The Morgan fingerprint density at radius 1 is 1.35 bits per heavy atom. The molecular formula is C14H11FN2O2S. The highest BCUT2D eigenvalue weighted by Crippen LogP contribution is 2.39. The Morgan fingerprint density at radius 3 is 2.85 bits per heavy atom. The number of rotatable bonds is 3. The van der Waals surface area contributed by atoms with E-state index >= 15 is 0 Å². The average Bonchev–Trinajstić information content (AvgIpc) is 3.07. The first-order valence-electron chi connectivity index (χ1n) is 5.83. The summed E-state index contributed by atoms with van der Waals surface area (Å²) >= 11 is 1.49. The van der Waals surface area contributed by atoms with Gasteiger partial charge in [0, 0.05) is 16.5 Å². The smallest absolute Gasteiger partial charge is 0.231 e. The largest absolute Gasteiger partial charge is 0.497 e. The molecule has 0 amide bonds. The van der Waals surface area contributed by atoms with Crippen LogP contribution < -0.4 is 10.5 Å². The number of nitrogens with two attached hydrogens (primary N) is 1.